The van der Waals surface area contributed by atoms with Crippen molar-refractivity contribution in [2.24, 2.45) is 5.92 Å². The van der Waals surface area contributed by atoms with Crippen molar-refractivity contribution in [1.82, 2.24) is 4.90 Å². The van der Waals surface area contributed by atoms with E-state index >= 15 is 0 Å². The van der Waals surface area contributed by atoms with Crippen molar-refractivity contribution >= 4 is 28.9 Å². The molecule has 3 atom stereocenters. The van der Waals surface area contributed by atoms with E-state index in [0.717, 1.165) is 13.0 Å². The number of rotatable bonds is 3. The summed E-state index contributed by atoms with van der Waals surface area (Å²) < 4.78 is 0. The van der Waals surface area contributed by atoms with E-state index in [1.165, 1.54) is 6.42 Å². The van der Waals surface area contributed by atoms with Gasteiger partial charge in [-0.2, -0.15) is 0 Å². The van der Waals surface area contributed by atoms with E-state index in [-0.39, 0.29) is 11.9 Å². The number of carbonyl (C=O) groups excluding carboxylic acids is 1. The minimum Gasteiger partial charge on any atom is -0.399 e. The number of halogens is 1. The molecule has 1 aliphatic heterocycles. The summed E-state index contributed by atoms with van der Waals surface area (Å²) in [5.41, 5.74) is 6.86. The molecule has 3 unspecified atom stereocenters. The van der Waals surface area contributed by atoms with Gasteiger partial charge in [-0.05, 0) is 57.4 Å². The molecule has 4 nitrogen and oxygen atoms in total. The number of nitrogens with zero attached hydrogens (tertiary/aromatic N) is 1. The lowest BCUT2D eigenvalue weighted by Gasteiger charge is -2.41. The van der Waals surface area contributed by atoms with Gasteiger partial charge in [0.05, 0.1) is 16.8 Å². The largest absolute Gasteiger partial charge is 0.399 e. The van der Waals surface area contributed by atoms with E-state index in [0.29, 0.717) is 28.4 Å². The molecule has 1 saturated heterocycles. The van der Waals surface area contributed by atoms with Crippen LogP contribution in [0.3, 0.4) is 0 Å². The van der Waals surface area contributed by atoms with Crippen LogP contribution in [0.2, 0.25) is 5.02 Å². The number of nitrogen functional groups attached to an aromatic ring is 1. The smallest absolute Gasteiger partial charge is 0.241 e. The molecular formula is C16H24ClN3O. The number of hydrogen-bond acceptors (Lipinski definition) is 3. The molecule has 0 aromatic heterocycles. The van der Waals surface area contributed by atoms with Crippen LogP contribution in [-0.2, 0) is 4.79 Å². The average molecular weight is 310 g/mol. The Kier molecular flexibility index (Phi) is 5.12. The Balaban J connectivity index is 2.05. The number of carbonyl (C=O) groups is 1. The highest BCUT2D eigenvalue weighted by Crippen LogP contribution is 2.27. The summed E-state index contributed by atoms with van der Waals surface area (Å²) in [6, 6.07) is 5.37. The Morgan fingerprint density at radius 3 is 2.86 bits per heavy atom. The lowest BCUT2D eigenvalue weighted by atomic mass is 9.91. The maximum absolute atomic E-state index is 12.5. The standard InChI is InChI=1S/C16H24ClN3O/c1-10-5-4-8-20(11(10)2)12(3)16(21)19-15-7-6-13(18)9-14(15)17/h6-7,9-12H,4-5,8,18H2,1-3H3,(H,19,21). The van der Waals surface area contributed by atoms with Crippen LogP contribution in [0.4, 0.5) is 11.4 Å². The SMILES string of the molecule is CC1CCCN(C(C)C(=O)Nc2ccc(N)cc2Cl)C1C. The highest BCUT2D eigenvalue weighted by atomic mass is 35.5. The van der Waals surface area contributed by atoms with Gasteiger partial charge in [0.25, 0.3) is 0 Å². The van der Waals surface area contributed by atoms with Gasteiger partial charge < -0.3 is 11.1 Å². The summed E-state index contributed by atoms with van der Waals surface area (Å²) in [6.45, 7) is 7.37. The van der Waals surface area contributed by atoms with Crippen LogP contribution in [0.1, 0.15) is 33.6 Å². The van der Waals surface area contributed by atoms with Gasteiger partial charge in [-0.3, -0.25) is 9.69 Å². The Morgan fingerprint density at radius 1 is 1.48 bits per heavy atom. The third-order valence-corrected chi connectivity index (χ3v) is 4.86. The average Bonchev–Trinajstić information content (AvgIpc) is 2.44. The van der Waals surface area contributed by atoms with Crippen molar-refractivity contribution in [2.75, 3.05) is 17.6 Å². The molecule has 0 spiro atoms. The Hall–Kier alpha value is -1.26. The van der Waals surface area contributed by atoms with E-state index in [9.17, 15) is 4.79 Å². The van der Waals surface area contributed by atoms with Gasteiger partial charge in [-0.1, -0.05) is 18.5 Å². The second-order valence-electron chi connectivity index (χ2n) is 6.00. The number of anilines is 2. The summed E-state index contributed by atoms with van der Waals surface area (Å²) in [4.78, 5) is 14.7. The molecule has 2 rings (SSSR count). The topological polar surface area (TPSA) is 58.4 Å². The van der Waals surface area contributed by atoms with Crippen molar-refractivity contribution in [3.8, 4) is 0 Å². The zero-order valence-electron chi connectivity index (χ0n) is 12.9. The zero-order valence-corrected chi connectivity index (χ0v) is 13.7. The molecule has 1 aromatic rings. The Labute approximate surface area is 131 Å². The van der Waals surface area contributed by atoms with Gasteiger partial charge >= 0.3 is 0 Å². The maximum Gasteiger partial charge on any atom is 0.241 e. The Bertz CT molecular complexity index is 520. The van der Waals surface area contributed by atoms with Gasteiger partial charge in [0.15, 0.2) is 0 Å². The second kappa shape index (κ2) is 6.67. The molecule has 1 amide bonds. The number of piperidine rings is 1. The van der Waals surface area contributed by atoms with Gasteiger partial charge in [0, 0.05) is 11.7 Å². The molecule has 21 heavy (non-hydrogen) atoms. The van der Waals surface area contributed by atoms with Gasteiger partial charge in [0.2, 0.25) is 5.91 Å². The van der Waals surface area contributed by atoms with Gasteiger partial charge in [0.1, 0.15) is 0 Å². The third-order valence-electron chi connectivity index (χ3n) is 4.55. The molecule has 0 aliphatic carbocycles. The van der Waals surface area contributed by atoms with Crippen molar-refractivity contribution in [3.05, 3.63) is 23.2 Å². The van der Waals surface area contributed by atoms with Crippen LogP contribution in [0, 0.1) is 5.92 Å². The van der Waals surface area contributed by atoms with E-state index in [2.05, 4.69) is 24.1 Å². The van der Waals surface area contributed by atoms with Gasteiger partial charge in [-0.15, -0.1) is 0 Å². The highest BCUT2D eigenvalue weighted by Gasteiger charge is 2.31. The van der Waals surface area contributed by atoms with Crippen molar-refractivity contribution in [2.45, 2.75) is 45.7 Å². The molecular weight excluding hydrogens is 286 g/mol. The summed E-state index contributed by atoms with van der Waals surface area (Å²) in [6.07, 6.45) is 2.38. The van der Waals surface area contributed by atoms with Crippen LogP contribution in [0.15, 0.2) is 18.2 Å². The number of likely N-dealkylation sites (tertiary alicyclic amines) is 1. The maximum atomic E-state index is 12.5. The minimum atomic E-state index is -0.170. The van der Waals surface area contributed by atoms with E-state index in [1.807, 2.05) is 6.92 Å². The summed E-state index contributed by atoms with van der Waals surface area (Å²) >= 11 is 6.11. The normalized spacial score (nSPS) is 24.6. The second-order valence-corrected chi connectivity index (χ2v) is 6.41. The molecule has 0 bridgehead atoms. The summed E-state index contributed by atoms with van der Waals surface area (Å²) in [7, 11) is 0. The first-order chi connectivity index (χ1) is 9.90. The first kappa shape index (κ1) is 16.1. The number of nitrogens with one attached hydrogen (secondary N) is 1. The molecule has 3 N–H and O–H groups in total. The van der Waals surface area contributed by atoms with Crippen LogP contribution >= 0.6 is 11.6 Å². The first-order valence-corrected chi connectivity index (χ1v) is 7.89. The highest BCUT2D eigenvalue weighted by molar-refractivity contribution is 6.34. The molecule has 0 saturated carbocycles. The van der Waals surface area contributed by atoms with E-state index < -0.39 is 0 Å². The van der Waals surface area contributed by atoms with Crippen molar-refractivity contribution in [3.63, 3.8) is 0 Å². The van der Waals surface area contributed by atoms with Crippen molar-refractivity contribution in [1.29, 1.82) is 0 Å². The molecule has 1 fully saturated rings. The minimum absolute atomic E-state index is 0.0254. The summed E-state index contributed by atoms with van der Waals surface area (Å²) in [5.74, 6) is 0.594. The lowest BCUT2D eigenvalue weighted by molar-refractivity contribution is -0.122. The van der Waals surface area contributed by atoms with Gasteiger partial charge in [-0.25, -0.2) is 0 Å². The zero-order chi connectivity index (χ0) is 15.6. The van der Waals surface area contributed by atoms with E-state index in [1.54, 1.807) is 18.2 Å². The quantitative estimate of drug-likeness (QED) is 0.842. The molecule has 0 radical (unpaired) electrons. The number of benzene rings is 1. The fourth-order valence-electron chi connectivity index (χ4n) is 2.93. The van der Waals surface area contributed by atoms with Crippen LogP contribution < -0.4 is 11.1 Å². The number of amides is 1. The summed E-state index contributed by atoms with van der Waals surface area (Å²) in [5, 5.41) is 3.37. The molecule has 116 valence electrons. The van der Waals surface area contributed by atoms with E-state index in [4.69, 9.17) is 17.3 Å². The van der Waals surface area contributed by atoms with Crippen molar-refractivity contribution < 1.29 is 4.79 Å². The fourth-order valence-corrected chi connectivity index (χ4v) is 3.17. The first-order valence-electron chi connectivity index (χ1n) is 7.51. The monoisotopic (exact) mass is 309 g/mol. The predicted molar refractivity (Wildman–Crippen MR) is 88.5 cm³/mol. The molecule has 1 aromatic carbocycles. The molecule has 1 aliphatic rings. The predicted octanol–water partition coefficient (Wildman–Crippen LogP) is 3.37. The number of hydrogen-bond donors (Lipinski definition) is 2. The van der Waals surface area contributed by atoms with Crippen LogP contribution in [0.25, 0.3) is 0 Å². The fraction of sp³-hybridized carbons (Fsp3) is 0.562. The van der Waals surface area contributed by atoms with Crippen LogP contribution in [-0.4, -0.2) is 29.4 Å². The number of nitrogens with two attached hydrogens (primary N) is 1. The molecule has 5 heteroatoms. The van der Waals surface area contributed by atoms with Crippen LogP contribution in [0.5, 0.6) is 0 Å². The lowest BCUT2D eigenvalue weighted by Crippen LogP contribution is -2.51. The third kappa shape index (κ3) is 3.69. The Morgan fingerprint density at radius 2 is 2.19 bits per heavy atom. The molecule has 1 heterocycles.